The number of carbonyl (C=O) groups is 1. The number of nitrogens with zero attached hydrogens (tertiary/aromatic N) is 1. The number of rotatable bonds is 3. The number of nitrogens with one attached hydrogen (secondary N) is 1. The van der Waals surface area contributed by atoms with Crippen molar-refractivity contribution in [2.75, 3.05) is 0 Å². The molecule has 0 bridgehead atoms. The summed E-state index contributed by atoms with van der Waals surface area (Å²) in [5.41, 5.74) is -0.465. The first-order chi connectivity index (χ1) is 7.40. The third-order valence-corrected chi connectivity index (χ3v) is 2.63. The molecule has 0 saturated heterocycles. The molecule has 0 fully saturated rings. The van der Waals surface area contributed by atoms with Crippen LogP contribution in [0.25, 0.3) is 0 Å². The lowest BCUT2D eigenvalue weighted by molar-refractivity contribution is 0.0524. The number of amides is 1. The van der Waals surface area contributed by atoms with E-state index >= 15 is 0 Å². The first-order valence-corrected chi connectivity index (χ1v) is 5.74. The Morgan fingerprint density at radius 2 is 2.25 bits per heavy atom. The predicted molar refractivity (Wildman–Crippen MR) is 66.6 cm³/mol. The van der Waals surface area contributed by atoms with Crippen molar-refractivity contribution in [3.63, 3.8) is 0 Å². The molecule has 0 spiro atoms. The molecule has 0 aliphatic carbocycles. The second-order valence-electron chi connectivity index (χ2n) is 4.25. The van der Waals surface area contributed by atoms with Crippen LogP contribution in [0.2, 0.25) is 0 Å². The largest absolute Gasteiger partial charge is 0.444 e. The average Bonchev–Trinajstić information content (AvgIpc) is 2.59. The molecule has 1 heterocycles. The fourth-order valence-electron chi connectivity index (χ4n) is 1.02. The van der Waals surface area contributed by atoms with Gasteiger partial charge in [0.1, 0.15) is 10.6 Å². The van der Waals surface area contributed by atoms with E-state index in [1.807, 2.05) is 32.9 Å². The molecule has 88 valence electrons. The maximum atomic E-state index is 11.3. The van der Waals surface area contributed by atoms with Gasteiger partial charge in [0.2, 0.25) is 0 Å². The van der Waals surface area contributed by atoms with E-state index in [0.29, 0.717) is 6.54 Å². The lowest BCUT2D eigenvalue weighted by Crippen LogP contribution is -2.31. The first kappa shape index (κ1) is 12.7. The van der Waals surface area contributed by atoms with E-state index in [9.17, 15) is 4.79 Å². The van der Waals surface area contributed by atoms with Gasteiger partial charge in [-0.2, -0.15) is 0 Å². The smallest absolute Gasteiger partial charge is 0.407 e. The minimum absolute atomic E-state index is 0.408. The molecule has 0 saturated carbocycles. The summed E-state index contributed by atoms with van der Waals surface area (Å²) >= 11 is 1.49. The summed E-state index contributed by atoms with van der Waals surface area (Å²) in [6.45, 7) is 9.38. The Labute approximate surface area is 99.3 Å². The Kier molecular flexibility index (Phi) is 4.06. The SMILES string of the molecule is C=Nc1ccc(CNC(=O)OC(C)(C)C)s1. The van der Waals surface area contributed by atoms with Crippen LogP contribution in [0.5, 0.6) is 0 Å². The molecular weight excluding hydrogens is 224 g/mol. The number of ether oxygens (including phenoxy) is 1. The highest BCUT2D eigenvalue weighted by Crippen LogP contribution is 2.23. The van der Waals surface area contributed by atoms with E-state index in [1.54, 1.807) is 0 Å². The Balaban J connectivity index is 2.40. The zero-order chi connectivity index (χ0) is 12.2. The van der Waals surface area contributed by atoms with Gasteiger partial charge in [-0.05, 0) is 39.6 Å². The number of hydrogen-bond acceptors (Lipinski definition) is 4. The first-order valence-electron chi connectivity index (χ1n) is 4.93. The van der Waals surface area contributed by atoms with Crippen molar-refractivity contribution in [1.82, 2.24) is 5.32 Å². The molecule has 1 aromatic rings. The molecule has 0 atom stereocenters. The lowest BCUT2D eigenvalue weighted by atomic mass is 10.2. The number of thiophene rings is 1. The zero-order valence-electron chi connectivity index (χ0n) is 9.74. The quantitative estimate of drug-likeness (QED) is 0.825. The highest BCUT2D eigenvalue weighted by atomic mass is 32.1. The van der Waals surface area contributed by atoms with E-state index in [4.69, 9.17) is 4.74 Å². The lowest BCUT2D eigenvalue weighted by Gasteiger charge is -2.19. The van der Waals surface area contributed by atoms with Gasteiger partial charge in [0.25, 0.3) is 0 Å². The van der Waals surface area contributed by atoms with Crippen molar-refractivity contribution in [2.45, 2.75) is 32.9 Å². The minimum Gasteiger partial charge on any atom is -0.444 e. The van der Waals surface area contributed by atoms with E-state index < -0.39 is 11.7 Å². The van der Waals surface area contributed by atoms with Crippen LogP contribution in [0, 0.1) is 0 Å². The van der Waals surface area contributed by atoms with Gasteiger partial charge in [-0.15, -0.1) is 11.3 Å². The fourth-order valence-corrected chi connectivity index (χ4v) is 1.77. The Morgan fingerprint density at radius 1 is 1.56 bits per heavy atom. The van der Waals surface area contributed by atoms with Crippen LogP contribution in [0.3, 0.4) is 0 Å². The van der Waals surface area contributed by atoms with Crippen LogP contribution in [-0.4, -0.2) is 18.4 Å². The van der Waals surface area contributed by atoms with Gasteiger partial charge in [0, 0.05) is 4.88 Å². The summed E-state index contributed by atoms with van der Waals surface area (Å²) in [5.74, 6) is 0. The normalized spacial score (nSPS) is 10.9. The number of carbonyl (C=O) groups excluding carboxylic acids is 1. The number of aliphatic imine (C=N–C) groups is 1. The Hall–Kier alpha value is -1.36. The fraction of sp³-hybridized carbons (Fsp3) is 0.455. The molecule has 0 aliphatic rings. The molecule has 1 aromatic heterocycles. The molecular formula is C11H16N2O2S. The second-order valence-corrected chi connectivity index (χ2v) is 5.40. The highest BCUT2D eigenvalue weighted by Gasteiger charge is 2.15. The van der Waals surface area contributed by atoms with Crippen molar-refractivity contribution < 1.29 is 9.53 Å². The molecule has 4 nitrogen and oxygen atoms in total. The molecule has 0 unspecified atom stereocenters. The summed E-state index contributed by atoms with van der Waals surface area (Å²) in [5, 5.41) is 3.53. The standard InChI is InChI=1S/C11H16N2O2S/c1-11(2,3)15-10(14)13-7-8-5-6-9(12-4)16-8/h5-6H,4,7H2,1-3H3,(H,13,14). The molecule has 16 heavy (non-hydrogen) atoms. The second kappa shape index (κ2) is 5.12. The monoisotopic (exact) mass is 240 g/mol. The molecule has 0 radical (unpaired) electrons. The maximum Gasteiger partial charge on any atom is 0.407 e. The highest BCUT2D eigenvalue weighted by molar-refractivity contribution is 7.15. The van der Waals surface area contributed by atoms with E-state index in [-0.39, 0.29) is 0 Å². The van der Waals surface area contributed by atoms with Crippen molar-refractivity contribution in [3.05, 3.63) is 17.0 Å². The van der Waals surface area contributed by atoms with Gasteiger partial charge in [-0.3, -0.25) is 4.99 Å². The van der Waals surface area contributed by atoms with E-state index in [0.717, 1.165) is 9.88 Å². The van der Waals surface area contributed by atoms with Crippen molar-refractivity contribution >= 4 is 29.1 Å². The predicted octanol–water partition coefficient (Wildman–Crippen LogP) is 3.10. The Morgan fingerprint density at radius 3 is 2.75 bits per heavy atom. The van der Waals surface area contributed by atoms with Crippen molar-refractivity contribution in [3.8, 4) is 0 Å². The summed E-state index contributed by atoms with van der Waals surface area (Å²) in [6, 6.07) is 3.77. The molecule has 0 aliphatic heterocycles. The van der Waals surface area contributed by atoms with Crippen LogP contribution in [-0.2, 0) is 11.3 Å². The molecule has 1 rings (SSSR count). The summed E-state index contributed by atoms with van der Waals surface area (Å²) in [7, 11) is 0. The van der Waals surface area contributed by atoms with Crippen LogP contribution in [0.4, 0.5) is 9.80 Å². The van der Waals surface area contributed by atoms with Gasteiger partial charge in [-0.25, -0.2) is 4.79 Å². The third-order valence-electron chi connectivity index (χ3n) is 1.61. The maximum absolute atomic E-state index is 11.3. The third kappa shape index (κ3) is 4.44. The zero-order valence-corrected chi connectivity index (χ0v) is 10.6. The summed E-state index contributed by atoms with van der Waals surface area (Å²) < 4.78 is 5.11. The van der Waals surface area contributed by atoms with Gasteiger partial charge < -0.3 is 10.1 Å². The van der Waals surface area contributed by atoms with Crippen LogP contribution >= 0.6 is 11.3 Å². The van der Waals surface area contributed by atoms with Gasteiger partial charge in [0.15, 0.2) is 0 Å². The molecule has 0 aromatic carbocycles. The number of hydrogen-bond donors (Lipinski definition) is 1. The Bertz CT molecular complexity index is 380. The van der Waals surface area contributed by atoms with Crippen LogP contribution in [0.1, 0.15) is 25.6 Å². The van der Waals surface area contributed by atoms with Gasteiger partial charge in [0.05, 0.1) is 6.54 Å². The number of alkyl carbamates (subject to hydrolysis) is 1. The van der Waals surface area contributed by atoms with Gasteiger partial charge in [-0.1, -0.05) is 0 Å². The minimum atomic E-state index is -0.465. The van der Waals surface area contributed by atoms with E-state index in [1.165, 1.54) is 11.3 Å². The molecule has 1 amide bonds. The molecule has 5 heteroatoms. The van der Waals surface area contributed by atoms with Crippen molar-refractivity contribution in [2.24, 2.45) is 4.99 Å². The topological polar surface area (TPSA) is 50.7 Å². The van der Waals surface area contributed by atoms with Crippen LogP contribution < -0.4 is 5.32 Å². The summed E-state index contributed by atoms with van der Waals surface area (Å²) in [6.07, 6.45) is -0.408. The van der Waals surface area contributed by atoms with E-state index in [2.05, 4.69) is 17.0 Å². The van der Waals surface area contributed by atoms with Gasteiger partial charge >= 0.3 is 6.09 Å². The van der Waals surface area contributed by atoms with Crippen LogP contribution in [0.15, 0.2) is 17.1 Å². The van der Waals surface area contributed by atoms with Crippen molar-refractivity contribution in [1.29, 1.82) is 0 Å². The molecule has 1 N–H and O–H groups in total. The average molecular weight is 240 g/mol. The summed E-state index contributed by atoms with van der Waals surface area (Å²) in [4.78, 5) is 16.2.